The van der Waals surface area contributed by atoms with Gasteiger partial charge < -0.3 is 15.3 Å². The van der Waals surface area contributed by atoms with Crippen molar-refractivity contribution in [2.24, 2.45) is 10.2 Å². The van der Waals surface area contributed by atoms with Crippen LogP contribution in [0.2, 0.25) is 0 Å². The molecule has 0 aliphatic carbocycles. The maximum atomic E-state index is 12.2. The van der Waals surface area contributed by atoms with Crippen molar-refractivity contribution in [3.63, 3.8) is 0 Å². The molecule has 1 amide bonds. The van der Waals surface area contributed by atoms with E-state index in [1.165, 1.54) is 24.3 Å². The van der Waals surface area contributed by atoms with Crippen molar-refractivity contribution >= 4 is 44.1 Å². The zero-order valence-electron chi connectivity index (χ0n) is 14.1. The van der Waals surface area contributed by atoms with Gasteiger partial charge >= 0.3 is 5.69 Å². The van der Waals surface area contributed by atoms with Gasteiger partial charge in [0.2, 0.25) is 15.7 Å². The van der Waals surface area contributed by atoms with Gasteiger partial charge in [0.1, 0.15) is 6.07 Å². The molecule has 0 saturated heterocycles. The largest absolute Gasteiger partial charge is 0.323 e. The predicted molar refractivity (Wildman–Crippen MR) is 102 cm³/mol. The number of amides is 1. The van der Waals surface area contributed by atoms with Crippen LogP contribution in [0.15, 0.2) is 57.3 Å². The topological polar surface area (TPSA) is 186 Å². The molecule has 0 fully saturated rings. The van der Waals surface area contributed by atoms with Crippen LogP contribution >= 0.6 is 0 Å². The summed E-state index contributed by atoms with van der Waals surface area (Å²) in [5.41, 5.74) is 3.58. The highest BCUT2D eigenvalue weighted by molar-refractivity contribution is 7.89. The number of nitrogens with one attached hydrogen (secondary N) is 4. The first-order valence-electron chi connectivity index (χ1n) is 7.66. The van der Waals surface area contributed by atoms with E-state index in [-0.39, 0.29) is 16.3 Å². The molecule has 0 bridgehead atoms. The summed E-state index contributed by atoms with van der Waals surface area (Å²) in [5.74, 6) is -0.797. The summed E-state index contributed by atoms with van der Waals surface area (Å²) >= 11 is 0. The second-order valence-electron chi connectivity index (χ2n) is 5.55. The number of H-pyrrole nitrogens is 2. The number of carbonyl (C=O) groups excluding carboxylic acids is 1. The number of rotatable bonds is 5. The average molecular weight is 399 g/mol. The molecule has 142 valence electrons. The molecular formula is C16H13N7O4S. The Hall–Kier alpha value is -3.95. The standard InChI is InChI=1S/C16H13N7O4S/c17-8-14(15(24)19-9-1-4-11(5-2-9)28(18,26)27)23-22-10-3-6-12-13(7-10)21-16(25)20-12/h1-7,22H,(H,19,24)(H2,18,26,27)(H2,20,21,25)/b23-14-. The van der Waals surface area contributed by atoms with E-state index >= 15 is 0 Å². The van der Waals surface area contributed by atoms with Crippen LogP contribution in [0.3, 0.4) is 0 Å². The van der Waals surface area contributed by atoms with Crippen molar-refractivity contribution in [2.75, 3.05) is 10.7 Å². The lowest BCUT2D eigenvalue weighted by Gasteiger charge is -2.05. The fourth-order valence-corrected chi connectivity index (χ4v) is 2.78. The molecule has 0 spiro atoms. The van der Waals surface area contributed by atoms with E-state index in [1.54, 1.807) is 24.3 Å². The van der Waals surface area contributed by atoms with E-state index in [9.17, 15) is 18.0 Å². The first-order chi connectivity index (χ1) is 13.3. The van der Waals surface area contributed by atoms with Crippen LogP contribution in [-0.2, 0) is 14.8 Å². The number of fused-ring (bicyclic) bond motifs is 1. The Bertz CT molecular complexity index is 1280. The number of hydrogen-bond acceptors (Lipinski definition) is 7. The van der Waals surface area contributed by atoms with Crippen LogP contribution in [0, 0.1) is 11.3 Å². The third kappa shape index (κ3) is 4.23. The average Bonchev–Trinajstić information content (AvgIpc) is 3.01. The molecule has 12 heteroatoms. The summed E-state index contributed by atoms with van der Waals surface area (Å²) in [6.45, 7) is 0. The summed E-state index contributed by atoms with van der Waals surface area (Å²) in [5, 5.41) is 20.3. The molecule has 2 aromatic carbocycles. The highest BCUT2D eigenvalue weighted by Crippen LogP contribution is 2.15. The number of aromatic nitrogens is 2. The number of aromatic amines is 2. The maximum absolute atomic E-state index is 12.2. The predicted octanol–water partition coefficient (Wildman–Crippen LogP) is 0.434. The Balaban J connectivity index is 1.73. The molecule has 0 unspecified atom stereocenters. The number of nitrogens with two attached hydrogens (primary N) is 1. The van der Waals surface area contributed by atoms with Gasteiger partial charge in [-0.05, 0) is 42.5 Å². The number of imidazole rings is 1. The highest BCUT2D eigenvalue weighted by atomic mass is 32.2. The lowest BCUT2D eigenvalue weighted by Crippen LogP contribution is -2.22. The van der Waals surface area contributed by atoms with Crippen molar-refractivity contribution < 1.29 is 13.2 Å². The zero-order valence-corrected chi connectivity index (χ0v) is 14.9. The monoisotopic (exact) mass is 399 g/mol. The molecular weight excluding hydrogens is 386 g/mol. The van der Waals surface area contributed by atoms with Gasteiger partial charge in [-0.25, -0.2) is 18.4 Å². The van der Waals surface area contributed by atoms with E-state index in [2.05, 4.69) is 25.8 Å². The van der Waals surface area contributed by atoms with Crippen LogP contribution in [0.4, 0.5) is 11.4 Å². The summed E-state index contributed by atoms with van der Waals surface area (Å²) in [7, 11) is -3.85. The van der Waals surface area contributed by atoms with Gasteiger partial charge in [-0.1, -0.05) is 0 Å². The molecule has 6 N–H and O–H groups in total. The second-order valence-corrected chi connectivity index (χ2v) is 7.11. The minimum absolute atomic E-state index is 0.112. The summed E-state index contributed by atoms with van der Waals surface area (Å²) in [4.78, 5) is 28.5. The minimum atomic E-state index is -3.85. The van der Waals surface area contributed by atoms with Crippen molar-refractivity contribution in [1.29, 1.82) is 5.26 Å². The van der Waals surface area contributed by atoms with Gasteiger partial charge in [-0.15, -0.1) is 0 Å². The van der Waals surface area contributed by atoms with Gasteiger partial charge in [0.25, 0.3) is 5.91 Å². The molecule has 0 aliphatic heterocycles. The number of hydrogen-bond donors (Lipinski definition) is 5. The van der Waals surface area contributed by atoms with Crippen LogP contribution in [-0.4, -0.2) is 30.0 Å². The van der Waals surface area contributed by atoms with Crippen molar-refractivity contribution in [3.8, 4) is 6.07 Å². The van der Waals surface area contributed by atoms with Gasteiger partial charge in [-0.2, -0.15) is 10.4 Å². The quantitative estimate of drug-likeness (QED) is 0.306. The van der Waals surface area contributed by atoms with Crippen LogP contribution < -0.4 is 21.6 Å². The Morgan fingerprint density at radius 2 is 1.71 bits per heavy atom. The molecule has 3 rings (SSSR count). The van der Waals surface area contributed by atoms with Crippen molar-refractivity contribution in [2.45, 2.75) is 4.90 Å². The Labute approximate surface area is 157 Å². The van der Waals surface area contributed by atoms with Gasteiger partial charge in [-0.3, -0.25) is 10.2 Å². The van der Waals surface area contributed by atoms with Gasteiger partial charge in [0.05, 0.1) is 21.6 Å². The van der Waals surface area contributed by atoms with Crippen LogP contribution in [0.1, 0.15) is 0 Å². The van der Waals surface area contributed by atoms with E-state index in [4.69, 9.17) is 10.4 Å². The van der Waals surface area contributed by atoms with E-state index in [0.717, 1.165) is 0 Å². The third-order valence-electron chi connectivity index (χ3n) is 3.57. The fraction of sp³-hybridized carbons (Fsp3) is 0. The lowest BCUT2D eigenvalue weighted by atomic mass is 10.3. The fourth-order valence-electron chi connectivity index (χ4n) is 2.27. The minimum Gasteiger partial charge on any atom is -0.320 e. The number of nitriles is 1. The maximum Gasteiger partial charge on any atom is 0.323 e. The number of hydrazone groups is 1. The first kappa shape index (κ1) is 18.8. The highest BCUT2D eigenvalue weighted by Gasteiger charge is 2.13. The molecule has 11 nitrogen and oxygen atoms in total. The number of carbonyl (C=O) groups is 1. The number of nitrogens with zero attached hydrogens (tertiary/aromatic N) is 2. The lowest BCUT2D eigenvalue weighted by molar-refractivity contribution is -0.110. The summed E-state index contributed by atoms with van der Waals surface area (Å²) < 4.78 is 22.4. The van der Waals surface area contributed by atoms with Crippen molar-refractivity contribution in [3.05, 3.63) is 52.9 Å². The van der Waals surface area contributed by atoms with Crippen LogP contribution in [0.25, 0.3) is 11.0 Å². The SMILES string of the molecule is N#C/C(=N/Nc1ccc2[nH]c(=O)[nH]c2c1)C(=O)Nc1ccc(S(N)(=O)=O)cc1. The Morgan fingerprint density at radius 1 is 1.07 bits per heavy atom. The van der Waals surface area contributed by atoms with E-state index in [1.807, 2.05) is 0 Å². The van der Waals surface area contributed by atoms with E-state index in [0.29, 0.717) is 16.7 Å². The number of anilines is 2. The molecule has 0 radical (unpaired) electrons. The number of primary sulfonamides is 1. The molecule has 0 aliphatic rings. The smallest absolute Gasteiger partial charge is 0.320 e. The number of sulfonamides is 1. The molecule has 1 heterocycles. The Kier molecular flexibility index (Phi) is 4.94. The van der Waals surface area contributed by atoms with Gasteiger partial charge in [0.15, 0.2) is 0 Å². The molecule has 1 aromatic heterocycles. The zero-order chi connectivity index (χ0) is 20.3. The summed E-state index contributed by atoms with van der Waals surface area (Å²) in [6.07, 6.45) is 0. The normalized spacial score (nSPS) is 11.8. The van der Waals surface area contributed by atoms with Gasteiger partial charge in [0, 0.05) is 5.69 Å². The molecule has 0 saturated carbocycles. The summed E-state index contributed by atoms with van der Waals surface area (Å²) in [6, 6.07) is 11.6. The molecule has 3 aromatic rings. The van der Waals surface area contributed by atoms with Crippen LogP contribution in [0.5, 0.6) is 0 Å². The molecule has 0 atom stereocenters. The van der Waals surface area contributed by atoms with E-state index < -0.39 is 21.6 Å². The third-order valence-corrected chi connectivity index (χ3v) is 4.50. The number of benzene rings is 2. The Morgan fingerprint density at radius 3 is 2.36 bits per heavy atom. The first-order valence-corrected chi connectivity index (χ1v) is 9.21. The molecule has 28 heavy (non-hydrogen) atoms. The van der Waals surface area contributed by atoms with Crippen molar-refractivity contribution in [1.82, 2.24) is 9.97 Å². The second kappa shape index (κ2) is 7.35.